The fraction of sp³-hybridized carbons (Fsp3) is 0.500. The molecule has 0 bridgehead atoms. The molecule has 1 amide bonds. The average Bonchev–Trinajstić information content (AvgIpc) is 2.43. The van der Waals surface area contributed by atoms with E-state index in [1.807, 2.05) is 0 Å². The summed E-state index contributed by atoms with van der Waals surface area (Å²) < 4.78 is 13.2. The van der Waals surface area contributed by atoms with E-state index >= 15 is 0 Å². The van der Waals surface area contributed by atoms with Crippen LogP contribution in [0.4, 0.5) is 10.1 Å². The Morgan fingerprint density at radius 2 is 2.37 bits per heavy atom. The van der Waals surface area contributed by atoms with Crippen LogP contribution in [0.5, 0.6) is 5.75 Å². The quantitative estimate of drug-likeness (QED) is 0.735. The number of rotatable bonds is 3. The summed E-state index contributed by atoms with van der Waals surface area (Å²) in [5.41, 5.74) is 0.362. The molecule has 2 rings (SSSR count). The second-order valence-electron chi connectivity index (χ2n) is 4.96. The van der Waals surface area contributed by atoms with E-state index in [0.717, 1.165) is 31.9 Å². The van der Waals surface area contributed by atoms with Crippen LogP contribution in [0.15, 0.2) is 18.2 Å². The lowest BCUT2D eigenvalue weighted by Crippen LogP contribution is -2.46. The zero-order valence-corrected chi connectivity index (χ0v) is 10.9. The van der Waals surface area contributed by atoms with Gasteiger partial charge in [-0.1, -0.05) is 13.3 Å². The van der Waals surface area contributed by atoms with Gasteiger partial charge in [-0.3, -0.25) is 4.79 Å². The van der Waals surface area contributed by atoms with Gasteiger partial charge in [0.2, 0.25) is 5.91 Å². The first-order chi connectivity index (χ1) is 9.10. The summed E-state index contributed by atoms with van der Waals surface area (Å²) in [7, 11) is 0. The van der Waals surface area contributed by atoms with Crippen LogP contribution < -0.4 is 10.6 Å². The Morgan fingerprint density at radius 3 is 3.05 bits per heavy atom. The Balaban J connectivity index is 1.98. The lowest BCUT2D eigenvalue weighted by Gasteiger charge is -2.28. The summed E-state index contributed by atoms with van der Waals surface area (Å²) in [6.45, 7) is 2.96. The first-order valence-electron chi connectivity index (χ1n) is 6.63. The molecule has 2 atom stereocenters. The van der Waals surface area contributed by atoms with Crippen LogP contribution in [-0.2, 0) is 4.79 Å². The first-order valence-corrected chi connectivity index (χ1v) is 6.63. The number of piperidine rings is 1. The minimum Gasteiger partial charge on any atom is -0.505 e. The maximum absolute atomic E-state index is 13.2. The summed E-state index contributed by atoms with van der Waals surface area (Å²) in [5, 5.41) is 14.9. The molecule has 4 nitrogen and oxygen atoms in total. The van der Waals surface area contributed by atoms with Gasteiger partial charge < -0.3 is 15.7 Å². The van der Waals surface area contributed by atoms with Crippen molar-refractivity contribution in [1.82, 2.24) is 5.32 Å². The second-order valence-corrected chi connectivity index (χ2v) is 4.96. The highest BCUT2D eigenvalue weighted by Crippen LogP contribution is 2.22. The number of halogens is 1. The number of nitrogens with one attached hydrogen (secondary N) is 2. The van der Waals surface area contributed by atoms with E-state index in [-0.39, 0.29) is 11.9 Å². The molecule has 1 heterocycles. The standard InChI is InChI=1S/C14H19FN2O2/c1-2-9-5-6-16-12(7-9)14(19)17-10-3-4-13(18)11(15)8-10/h3-4,8-9,12,16,18H,2,5-7H2,1H3,(H,17,19). The molecule has 0 spiro atoms. The molecule has 0 aliphatic carbocycles. The highest BCUT2D eigenvalue weighted by atomic mass is 19.1. The number of phenolic OH excluding ortho intramolecular Hbond substituents is 1. The minimum absolute atomic E-state index is 0.150. The van der Waals surface area contributed by atoms with Crippen LogP contribution in [0.1, 0.15) is 26.2 Å². The fourth-order valence-corrected chi connectivity index (χ4v) is 2.38. The third-order valence-corrected chi connectivity index (χ3v) is 3.62. The van der Waals surface area contributed by atoms with Crippen molar-refractivity contribution in [1.29, 1.82) is 0 Å². The molecular formula is C14H19FN2O2. The SMILES string of the molecule is CCC1CCNC(C(=O)Nc2ccc(O)c(F)c2)C1. The number of aromatic hydroxyl groups is 1. The predicted octanol–water partition coefficient (Wildman–Crippen LogP) is 2.25. The Bertz CT molecular complexity index is 465. The number of hydrogen-bond donors (Lipinski definition) is 3. The smallest absolute Gasteiger partial charge is 0.241 e. The number of amides is 1. The highest BCUT2D eigenvalue weighted by Gasteiger charge is 2.25. The van der Waals surface area contributed by atoms with Crippen molar-refractivity contribution in [2.75, 3.05) is 11.9 Å². The minimum atomic E-state index is -0.735. The van der Waals surface area contributed by atoms with Crippen molar-refractivity contribution in [2.45, 2.75) is 32.2 Å². The van der Waals surface area contributed by atoms with Gasteiger partial charge in [0, 0.05) is 11.8 Å². The van der Waals surface area contributed by atoms with E-state index in [1.54, 1.807) is 0 Å². The van der Waals surface area contributed by atoms with E-state index in [2.05, 4.69) is 17.6 Å². The van der Waals surface area contributed by atoms with Gasteiger partial charge in [-0.2, -0.15) is 0 Å². The molecule has 0 saturated carbocycles. The molecule has 5 heteroatoms. The fourth-order valence-electron chi connectivity index (χ4n) is 2.38. The van der Waals surface area contributed by atoms with Crippen LogP contribution in [0.25, 0.3) is 0 Å². The number of anilines is 1. The lowest BCUT2D eigenvalue weighted by atomic mass is 9.90. The molecule has 0 aromatic heterocycles. The van der Waals surface area contributed by atoms with Crippen LogP contribution in [0.2, 0.25) is 0 Å². The van der Waals surface area contributed by atoms with Gasteiger partial charge in [-0.15, -0.1) is 0 Å². The van der Waals surface area contributed by atoms with E-state index in [0.29, 0.717) is 11.6 Å². The van der Waals surface area contributed by atoms with Crippen LogP contribution >= 0.6 is 0 Å². The monoisotopic (exact) mass is 266 g/mol. The van der Waals surface area contributed by atoms with Crippen molar-refractivity contribution in [2.24, 2.45) is 5.92 Å². The van der Waals surface area contributed by atoms with Gasteiger partial charge in [0.05, 0.1) is 6.04 Å². The van der Waals surface area contributed by atoms with E-state index in [1.165, 1.54) is 12.1 Å². The second kappa shape index (κ2) is 6.02. The Kier molecular flexibility index (Phi) is 4.37. The van der Waals surface area contributed by atoms with E-state index < -0.39 is 11.6 Å². The molecular weight excluding hydrogens is 247 g/mol. The maximum Gasteiger partial charge on any atom is 0.241 e. The molecule has 1 aromatic rings. The molecule has 1 saturated heterocycles. The van der Waals surface area contributed by atoms with Crippen LogP contribution in [-0.4, -0.2) is 23.6 Å². The number of carbonyl (C=O) groups excluding carboxylic acids is 1. The Labute approximate surface area is 112 Å². The first kappa shape index (κ1) is 13.8. The Hall–Kier alpha value is -1.62. The third-order valence-electron chi connectivity index (χ3n) is 3.62. The van der Waals surface area contributed by atoms with Crippen molar-refractivity contribution < 1.29 is 14.3 Å². The van der Waals surface area contributed by atoms with Gasteiger partial charge in [-0.25, -0.2) is 4.39 Å². The van der Waals surface area contributed by atoms with E-state index in [4.69, 9.17) is 5.11 Å². The van der Waals surface area contributed by atoms with Gasteiger partial charge in [0.1, 0.15) is 0 Å². The van der Waals surface area contributed by atoms with Crippen LogP contribution in [0.3, 0.4) is 0 Å². The van der Waals surface area contributed by atoms with Crippen molar-refractivity contribution in [3.8, 4) is 5.75 Å². The summed E-state index contributed by atoms with van der Waals surface area (Å²) >= 11 is 0. The van der Waals surface area contributed by atoms with Gasteiger partial charge in [0.15, 0.2) is 11.6 Å². The number of benzene rings is 1. The molecule has 1 aliphatic heterocycles. The largest absolute Gasteiger partial charge is 0.505 e. The predicted molar refractivity (Wildman–Crippen MR) is 71.5 cm³/mol. The van der Waals surface area contributed by atoms with Gasteiger partial charge in [0.25, 0.3) is 0 Å². The van der Waals surface area contributed by atoms with Crippen LogP contribution in [0, 0.1) is 11.7 Å². The van der Waals surface area contributed by atoms with Gasteiger partial charge >= 0.3 is 0 Å². The Morgan fingerprint density at radius 1 is 1.58 bits per heavy atom. The normalized spacial score (nSPS) is 23.1. The molecule has 1 aliphatic rings. The average molecular weight is 266 g/mol. The molecule has 0 radical (unpaired) electrons. The summed E-state index contributed by atoms with van der Waals surface area (Å²) in [6, 6.07) is 3.60. The van der Waals surface area contributed by atoms with Crippen molar-refractivity contribution >= 4 is 11.6 Å². The van der Waals surface area contributed by atoms with Crippen molar-refractivity contribution in [3.63, 3.8) is 0 Å². The molecule has 2 unspecified atom stereocenters. The molecule has 104 valence electrons. The number of phenols is 1. The topological polar surface area (TPSA) is 61.4 Å². The molecule has 1 aromatic carbocycles. The number of carbonyl (C=O) groups is 1. The summed E-state index contributed by atoms with van der Waals surface area (Å²) in [5.74, 6) is -0.738. The zero-order valence-electron chi connectivity index (χ0n) is 10.9. The summed E-state index contributed by atoms with van der Waals surface area (Å²) in [4.78, 5) is 12.1. The van der Waals surface area contributed by atoms with Gasteiger partial charge in [-0.05, 0) is 37.4 Å². The lowest BCUT2D eigenvalue weighted by molar-refractivity contribution is -0.119. The molecule has 19 heavy (non-hydrogen) atoms. The molecule has 1 fully saturated rings. The van der Waals surface area contributed by atoms with E-state index in [9.17, 15) is 9.18 Å². The van der Waals surface area contributed by atoms with Crippen molar-refractivity contribution in [3.05, 3.63) is 24.0 Å². The maximum atomic E-state index is 13.2. The zero-order chi connectivity index (χ0) is 13.8. The number of hydrogen-bond acceptors (Lipinski definition) is 3. The molecule has 3 N–H and O–H groups in total. The summed E-state index contributed by atoms with van der Waals surface area (Å²) in [6.07, 6.45) is 2.97. The highest BCUT2D eigenvalue weighted by molar-refractivity contribution is 5.94. The third kappa shape index (κ3) is 3.44.